The van der Waals surface area contributed by atoms with Crippen molar-refractivity contribution in [2.45, 2.75) is 19.8 Å². The number of aryl methyl sites for hydroxylation is 1. The number of rotatable bonds is 2. The second kappa shape index (κ2) is 4.48. The summed E-state index contributed by atoms with van der Waals surface area (Å²) in [5, 5.41) is 10.0. The number of amides is 2. The molecule has 1 heterocycles. The van der Waals surface area contributed by atoms with Crippen LogP contribution in [0.3, 0.4) is 0 Å². The molecular formula is C12H11NO5. The van der Waals surface area contributed by atoms with Crippen molar-refractivity contribution in [1.82, 2.24) is 5.06 Å². The maximum atomic E-state index is 11.7. The van der Waals surface area contributed by atoms with Crippen molar-refractivity contribution in [3.05, 3.63) is 29.3 Å². The molecule has 18 heavy (non-hydrogen) atoms. The zero-order chi connectivity index (χ0) is 13.3. The molecule has 1 aliphatic heterocycles. The number of hydroxylamine groups is 2. The summed E-state index contributed by atoms with van der Waals surface area (Å²) in [6, 6.07) is 4.38. The van der Waals surface area contributed by atoms with E-state index in [0.717, 1.165) is 5.56 Å². The molecule has 1 fully saturated rings. The van der Waals surface area contributed by atoms with Crippen molar-refractivity contribution >= 4 is 17.8 Å². The van der Waals surface area contributed by atoms with E-state index >= 15 is 0 Å². The number of nitrogens with zero attached hydrogens (tertiary/aromatic N) is 1. The summed E-state index contributed by atoms with van der Waals surface area (Å²) < 4.78 is 0. The highest BCUT2D eigenvalue weighted by Gasteiger charge is 2.33. The average Bonchev–Trinajstić information content (AvgIpc) is 2.60. The molecular weight excluding hydrogens is 238 g/mol. The summed E-state index contributed by atoms with van der Waals surface area (Å²) in [5.41, 5.74) is 0.686. The van der Waals surface area contributed by atoms with Crippen molar-refractivity contribution in [2.24, 2.45) is 0 Å². The van der Waals surface area contributed by atoms with Gasteiger partial charge >= 0.3 is 5.97 Å². The van der Waals surface area contributed by atoms with Crippen molar-refractivity contribution in [3.63, 3.8) is 0 Å². The minimum atomic E-state index is -0.934. The maximum Gasteiger partial charge on any atom is 0.367 e. The number of carbonyl (C=O) groups is 3. The molecule has 0 bridgehead atoms. The molecule has 2 amide bonds. The molecule has 0 saturated carbocycles. The third-order valence-electron chi connectivity index (χ3n) is 2.55. The normalized spacial score (nSPS) is 15.1. The van der Waals surface area contributed by atoms with Crippen LogP contribution in [0.1, 0.15) is 28.8 Å². The van der Waals surface area contributed by atoms with Crippen LogP contribution in [0, 0.1) is 6.92 Å². The van der Waals surface area contributed by atoms with E-state index in [1.54, 1.807) is 13.0 Å². The summed E-state index contributed by atoms with van der Waals surface area (Å²) in [7, 11) is 0. The number of benzene rings is 1. The van der Waals surface area contributed by atoms with Gasteiger partial charge in [-0.15, -0.1) is 5.06 Å². The Morgan fingerprint density at radius 2 is 1.89 bits per heavy atom. The fourth-order valence-corrected chi connectivity index (χ4v) is 1.60. The van der Waals surface area contributed by atoms with Crippen LogP contribution in [-0.4, -0.2) is 28.0 Å². The highest BCUT2D eigenvalue weighted by Crippen LogP contribution is 2.21. The zero-order valence-corrected chi connectivity index (χ0v) is 9.67. The van der Waals surface area contributed by atoms with Crippen LogP contribution in [0.25, 0.3) is 0 Å². The van der Waals surface area contributed by atoms with Crippen molar-refractivity contribution in [3.8, 4) is 5.75 Å². The highest BCUT2D eigenvalue weighted by atomic mass is 16.7. The first-order valence-electron chi connectivity index (χ1n) is 5.37. The van der Waals surface area contributed by atoms with Gasteiger partial charge in [-0.2, -0.15) is 0 Å². The Labute approximate surface area is 103 Å². The van der Waals surface area contributed by atoms with Gasteiger partial charge in [0.1, 0.15) is 11.3 Å². The topological polar surface area (TPSA) is 83.9 Å². The number of phenolic OH excluding ortho intramolecular Hbond substituents is 1. The Balaban J connectivity index is 2.17. The molecule has 1 aromatic carbocycles. The van der Waals surface area contributed by atoms with Crippen LogP contribution < -0.4 is 0 Å². The summed E-state index contributed by atoms with van der Waals surface area (Å²) >= 11 is 0. The van der Waals surface area contributed by atoms with Gasteiger partial charge in [0.15, 0.2) is 0 Å². The Kier molecular flexibility index (Phi) is 3.01. The van der Waals surface area contributed by atoms with Gasteiger partial charge < -0.3 is 9.94 Å². The molecule has 0 spiro atoms. The van der Waals surface area contributed by atoms with Gasteiger partial charge in [-0.1, -0.05) is 6.07 Å². The number of imide groups is 1. The van der Waals surface area contributed by atoms with Gasteiger partial charge in [-0.25, -0.2) is 4.79 Å². The standard InChI is InChI=1S/C12H11NO5/c1-7-2-3-8(9(14)6-7)12(17)18-13-10(15)4-5-11(13)16/h2-3,6,14H,4-5H2,1H3. The molecule has 6 heteroatoms. The van der Waals surface area contributed by atoms with Gasteiger partial charge in [0.2, 0.25) is 0 Å². The van der Waals surface area contributed by atoms with Crippen molar-refractivity contribution in [2.75, 3.05) is 0 Å². The first-order valence-corrected chi connectivity index (χ1v) is 5.37. The molecule has 2 rings (SSSR count). The van der Waals surface area contributed by atoms with E-state index in [1.165, 1.54) is 12.1 Å². The molecule has 94 valence electrons. The molecule has 0 radical (unpaired) electrons. The van der Waals surface area contributed by atoms with Crippen molar-refractivity contribution in [1.29, 1.82) is 0 Å². The first kappa shape index (κ1) is 12.1. The number of hydrogen-bond donors (Lipinski definition) is 1. The van der Waals surface area contributed by atoms with Gasteiger partial charge in [0.05, 0.1) is 0 Å². The lowest BCUT2D eigenvalue weighted by molar-refractivity contribution is -0.172. The van der Waals surface area contributed by atoms with E-state index in [2.05, 4.69) is 4.84 Å². The Morgan fingerprint density at radius 3 is 2.44 bits per heavy atom. The quantitative estimate of drug-likeness (QED) is 0.788. The van der Waals surface area contributed by atoms with E-state index in [1.807, 2.05) is 0 Å². The summed E-state index contributed by atoms with van der Waals surface area (Å²) in [6.45, 7) is 1.75. The van der Waals surface area contributed by atoms with Crippen molar-refractivity contribution < 1.29 is 24.3 Å². The molecule has 1 N–H and O–H groups in total. The largest absolute Gasteiger partial charge is 0.507 e. The van der Waals surface area contributed by atoms with Crippen LogP contribution in [0.5, 0.6) is 5.75 Å². The van der Waals surface area contributed by atoms with Gasteiger partial charge in [0.25, 0.3) is 11.8 Å². The molecule has 1 saturated heterocycles. The maximum absolute atomic E-state index is 11.7. The summed E-state index contributed by atoms with van der Waals surface area (Å²) in [4.78, 5) is 38.9. The second-order valence-corrected chi connectivity index (χ2v) is 3.98. The van der Waals surface area contributed by atoms with E-state index in [-0.39, 0.29) is 24.2 Å². The summed E-state index contributed by atoms with van der Waals surface area (Å²) in [6.07, 6.45) is 0.0674. The zero-order valence-electron chi connectivity index (χ0n) is 9.67. The SMILES string of the molecule is Cc1ccc(C(=O)ON2C(=O)CCC2=O)c(O)c1. The predicted octanol–water partition coefficient (Wildman–Crippen LogP) is 0.921. The number of phenols is 1. The molecule has 1 aromatic rings. The lowest BCUT2D eigenvalue weighted by atomic mass is 10.1. The predicted molar refractivity (Wildman–Crippen MR) is 59.3 cm³/mol. The van der Waals surface area contributed by atoms with E-state index < -0.39 is 17.8 Å². The van der Waals surface area contributed by atoms with E-state index in [0.29, 0.717) is 5.06 Å². The fraction of sp³-hybridized carbons (Fsp3) is 0.250. The Hall–Kier alpha value is -2.37. The molecule has 6 nitrogen and oxygen atoms in total. The molecule has 0 aromatic heterocycles. The number of hydrogen-bond acceptors (Lipinski definition) is 5. The van der Waals surface area contributed by atoms with E-state index in [4.69, 9.17) is 0 Å². The minimum Gasteiger partial charge on any atom is -0.507 e. The average molecular weight is 249 g/mol. The lowest BCUT2D eigenvalue weighted by Crippen LogP contribution is -2.32. The molecule has 1 aliphatic rings. The molecule has 0 aliphatic carbocycles. The van der Waals surface area contributed by atoms with Crippen LogP contribution in [-0.2, 0) is 14.4 Å². The van der Waals surface area contributed by atoms with Crippen LogP contribution >= 0.6 is 0 Å². The third kappa shape index (κ3) is 2.17. The Bertz CT molecular complexity index is 521. The van der Waals surface area contributed by atoms with Gasteiger partial charge in [0, 0.05) is 12.8 Å². The van der Waals surface area contributed by atoms with Crippen LogP contribution in [0.15, 0.2) is 18.2 Å². The monoisotopic (exact) mass is 249 g/mol. The highest BCUT2D eigenvalue weighted by molar-refractivity contribution is 6.03. The van der Waals surface area contributed by atoms with E-state index in [9.17, 15) is 19.5 Å². The lowest BCUT2D eigenvalue weighted by Gasteiger charge is -2.13. The van der Waals surface area contributed by atoms with Gasteiger partial charge in [-0.05, 0) is 24.6 Å². The smallest absolute Gasteiger partial charge is 0.367 e. The fourth-order valence-electron chi connectivity index (χ4n) is 1.60. The first-order chi connectivity index (χ1) is 8.49. The summed E-state index contributed by atoms with van der Waals surface area (Å²) in [5.74, 6) is -2.30. The molecule has 0 unspecified atom stereocenters. The number of carbonyl (C=O) groups excluding carboxylic acids is 3. The van der Waals surface area contributed by atoms with Gasteiger partial charge in [-0.3, -0.25) is 9.59 Å². The van der Waals surface area contributed by atoms with Crippen LogP contribution in [0.2, 0.25) is 0 Å². The van der Waals surface area contributed by atoms with Crippen LogP contribution in [0.4, 0.5) is 0 Å². The third-order valence-corrected chi connectivity index (χ3v) is 2.55. The molecule has 0 atom stereocenters. The number of aromatic hydroxyl groups is 1. The Morgan fingerprint density at radius 1 is 1.28 bits per heavy atom. The second-order valence-electron chi connectivity index (χ2n) is 3.98. The minimum absolute atomic E-state index is 0.0337.